The van der Waals surface area contributed by atoms with Crippen molar-refractivity contribution in [3.05, 3.63) is 29.8 Å². The number of nitrogens with zero attached hydrogens (tertiary/aromatic N) is 1. The molecule has 0 aromatic heterocycles. The van der Waals surface area contributed by atoms with Gasteiger partial charge in [0.25, 0.3) is 0 Å². The quantitative estimate of drug-likeness (QED) is 0.285. The normalized spacial score (nSPS) is 12.8. The molecule has 10 nitrogen and oxygen atoms in total. The lowest BCUT2D eigenvalue weighted by molar-refractivity contribution is -0.143. The predicted molar refractivity (Wildman–Crippen MR) is 137 cm³/mol. The Hall–Kier alpha value is -3.30. The van der Waals surface area contributed by atoms with Crippen molar-refractivity contribution < 1.29 is 29.0 Å². The van der Waals surface area contributed by atoms with Gasteiger partial charge in [-0.1, -0.05) is 45.2 Å². The molecule has 1 rings (SSSR count). The molecule has 0 saturated carbocycles. The number of phenolic OH excluding ortho intramolecular Hbond substituents is 1. The maximum absolute atomic E-state index is 13.8. The van der Waals surface area contributed by atoms with Crippen molar-refractivity contribution in [2.24, 2.45) is 5.73 Å². The number of phenols is 1. The number of benzene rings is 1. The molecule has 10 heteroatoms. The van der Waals surface area contributed by atoms with E-state index in [9.17, 15) is 24.3 Å². The average molecular weight is 507 g/mol. The van der Waals surface area contributed by atoms with Crippen molar-refractivity contribution in [2.75, 3.05) is 13.1 Å². The number of rotatable bonds is 14. The second-order valence-electron chi connectivity index (χ2n) is 9.75. The van der Waals surface area contributed by atoms with Gasteiger partial charge in [-0.05, 0) is 51.3 Å². The zero-order chi connectivity index (χ0) is 27.3. The molecule has 2 unspecified atom stereocenters. The molecular formula is C26H42N4O6. The van der Waals surface area contributed by atoms with Gasteiger partial charge in [-0.25, -0.2) is 4.79 Å². The summed E-state index contributed by atoms with van der Waals surface area (Å²) in [5, 5.41) is 15.1. The number of carbonyl (C=O) groups is 4. The predicted octanol–water partition coefficient (Wildman–Crippen LogP) is 3.14. The zero-order valence-electron chi connectivity index (χ0n) is 22.1. The number of alkyl carbamates (subject to hydrolysis) is 1. The first-order valence-corrected chi connectivity index (χ1v) is 12.5. The summed E-state index contributed by atoms with van der Waals surface area (Å²) in [5.41, 5.74) is 5.05. The molecule has 4 amide bonds. The lowest BCUT2D eigenvalue weighted by Crippen LogP contribution is -2.54. The van der Waals surface area contributed by atoms with Crippen LogP contribution >= 0.6 is 0 Å². The fraction of sp³-hybridized carbons (Fsp3) is 0.615. The number of aromatic hydroxyl groups is 1. The Morgan fingerprint density at radius 3 is 2.17 bits per heavy atom. The van der Waals surface area contributed by atoms with Crippen molar-refractivity contribution in [3.8, 4) is 5.75 Å². The Kier molecular flexibility index (Phi) is 12.8. The number of amides is 4. The first-order chi connectivity index (χ1) is 16.9. The minimum Gasteiger partial charge on any atom is -0.508 e. The van der Waals surface area contributed by atoms with E-state index >= 15 is 0 Å². The number of unbranched alkanes of at least 4 members (excludes halogenated alkanes) is 3. The molecule has 2 atom stereocenters. The highest BCUT2D eigenvalue weighted by molar-refractivity contribution is 5.94. The summed E-state index contributed by atoms with van der Waals surface area (Å²) in [6.45, 7) is 9.68. The molecule has 0 saturated heterocycles. The highest BCUT2D eigenvalue weighted by atomic mass is 16.6. The standard InChI is InChI=1S/C26H42N4O6/c1-6-8-10-15-28-23(33)22(18-11-13-19(31)14-12-18)30(16-9-7-2)24(34)20(17-21(27)32)29-25(35)36-26(3,4)5/h11-14,20,22,31H,6-10,15-17H2,1-5H3,(H2,27,32)(H,28,33)(H,29,35). The van der Waals surface area contributed by atoms with Gasteiger partial charge in [-0.3, -0.25) is 14.4 Å². The SMILES string of the molecule is CCCCCNC(=O)C(c1ccc(O)cc1)N(CCCC)C(=O)C(CC(N)=O)NC(=O)OC(C)(C)C. The van der Waals surface area contributed by atoms with Crippen molar-refractivity contribution in [1.29, 1.82) is 0 Å². The molecule has 1 aromatic carbocycles. The first kappa shape index (κ1) is 30.7. The third kappa shape index (κ3) is 11.0. The molecule has 0 spiro atoms. The third-order valence-electron chi connectivity index (χ3n) is 5.28. The van der Waals surface area contributed by atoms with E-state index in [-0.39, 0.29) is 12.3 Å². The van der Waals surface area contributed by atoms with Crippen molar-refractivity contribution in [2.45, 2.75) is 90.8 Å². The van der Waals surface area contributed by atoms with Gasteiger partial charge >= 0.3 is 6.09 Å². The van der Waals surface area contributed by atoms with Crippen LogP contribution in [-0.4, -0.2) is 58.6 Å². The molecule has 0 bridgehead atoms. The van der Waals surface area contributed by atoms with Crippen LogP contribution in [0.25, 0.3) is 0 Å². The summed E-state index contributed by atoms with van der Waals surface area (Å²) in [6, 6.07) is 3.66. The zero-order valence-corrected chi connectivity index (χ0v) is 22.1. The van der Waals surface area contributed by atoms with Gasteiger partial charge in [-0.2, -0.15) is 0 Å². The van der Waals surface area contributed by atoms with E-state index < -0.39 is 47.9 Å². The number of hydrogen-bond acceptors (Lipinski definition) is 6. The second kappa shape index (κ2) is 15.0. The maximum Gasteiger partial charge on any atom is 0.408 e. The molecule has 0 heterocycles. The van der Waals surface area contributed by atoms with Crippen LogP contribution in [0.5, 0.6) is 5.75 Å². The number of nitrogens with two attached hydrogens (primary N) is 1. The molecule has 0 fully saturated rings. The lowest BCUT2D eigenvalue weighted by atomic mass is 10.0. The third-order valence-corrected chi connectivity index (χ3v) is 5.28. The summed E-state index contributed by atoms with van der Waals surface area (Å²) in [6.07, 6.45) is 2.72. The lowest BCUT2D eigenvalue weighted by Gasteiger charge is -2.34. The highest BCUT2D eigenvalue weighted by Crippen LogP contribution is 2.25. The van der Waals surface area contributed by atoms with Crippen molar-refractivity contribution in [1.82, 2.24) is 15.5 Å². The van der Waals surface area contributed by atoms with Crippen LogP contribution in [0.3, 0.4) is 0 Å². The van der Waals surface area contributed by atoms with Crippen LogP contribution in [-0.2, 0) is 19.1 Å². The van der Waals surface area contributed by atoms with Gasteiger partial charge in [0, 0.05) is 13.1 Å². The van der Waals surface area contributed by atoms with Gasteiger partial charge in [0.1, 0.15) is 23.4 Å². The van der Waals surface area contributed by atoms with E-state index in [1.165, 1.54) is 17.0 Å². The Morgan fingerprint density at radius 1 is 1.03 bits per heavy atom. The Balaban J connectivity index is 3.38. The van der Waals surface area contributed by atoms with Crippen molar-refractivity contribution in [3.63, 3.8) is 0 Å². The molecular weight excluding hydrogens is 464 g/mol. The van der Waals surface area contributed by atoms with Gasteiger partial charge in [0.2, 0.25) is 17.7 Å². The molecule has 5 N–H and O–H groups in total. The number of hydrogen-bond donors (Lipinski definition) is 4. The summed E-state index contributed by atoms with van der Waals surface area (Å²) < 4.78 is 5.26. The minimum atomic E-state index is -1.32. The van der Waals surface area contributed by atoms with E-state index in [0.717, 1.165) is 25.7 Å². The van der Waals surface area contributed by atoms with Crippen LogP contribution in [0.15, 0.2) is 24.3 Å². The highest BCUT2D eigenvalue weighted by Gasteiger charge is 2.36. The fourth-order valence-corrected chi connectivity index (χ4v) is 3.56. The largest absolute Gasteiger partial charge is 0.508 e. The molecule has 36 heavy (non-hydrogen) atoms. The summed E-state index contributed by atoms with van der Waals surface area (Å²) in [5.74, 6) is -1.79. The Labute approximate surface area is 213 Å². The molecule has 0 aliphatic heterocycles. The van der Waals surface area contributed by atoms with E-state index in [0.29, 0.717) is 18.5 Å². The Morgan fingerprint density at radius 2 is 1.64 bits per heavy atom. The molecule has 202 valence electrons. The molecule has 0 aliphatic rings. The van der Waals surface area contributed by atoms with E-state index in [2.05, 4.69) is 17.6 Å². The van der Waals surface area contributed by atoms with Crippen LogP contribution in [0, 0.1) is 0 Å². The average Bonchev–Trinajstić information content (AvgIpc) is 2.78. The summed E-state index contributed by atoms with van der Waals surface area (Å²) >= 11 is 0. The summed E-state index contributed by atoms with van der Waals surface area (Å²) in [4.78, 5) is 52.7. The number of carbonyl (C=O) groups excluding carboxylic acids is 4. The number of ether oxygens (including phenoxy) is 1. The summed E-state index contributed by atoms with van der Waals surface area (Å²) in [7, 11) is 0. The maximum atomic E-state index is 13.8. The topological polar surface area (TPSA) is 151 Å². The van der Waals surface area contributed by atoms with Gasteiger partial charge in [0.15, 0.2) is 0 Å². The van der Waals surface area contributed by atoms with E-state index in [1.54, 1.807) is 32.9 Å². The molecule has 0 aliphatic carbocycles. The van der Waals surface area contributed by atoms with Gasteiger partial charge in [0.05, 0.1) is 6.42 Å². The minimum absolute atomic E-state index is 0.0190. The van der Waals surface area contributed by atoms with E-state index in [1.807, 2.05) is 6.92 Å². The van der Waals surface area contributed by atoms with Gasteiger partial charge < -0.3 is 31.1 Å². The van der Waals surface area contributed by atoms with Crippen LogP contribution in [0.1, 0.15) is 84.7 Å². The fourth-order valence-electron chi connectivity index (χ4n) is 3.56. The van der Waals surface area contributed by atoms with Gasteiger partial charge in [-0.15, -0.1) is 0 Å². The smallest absolute Gasteiger partial charge is 0.408 e. The second-order valence-corrected chi connectivity index (χ2v) is 9.75. The molecule has 0 radical (unpaired) electrons. The van der Waals surface area contributed by atoms with Crippen LogP contribution in [0.4, 0.5) is 4.79 Å². The van der Waals surface area contributed by atoms with Crippen LogP contribution in [0.2, 0.25) is 0 Å². The Bertz CT molecular complexity index is 866. The van der Waals surface area contributed by atoms with Crippen LogP contribution < -0.4 is 16.4 Å². The van der Waals surface area contributed by atoms with Crippen molar-refractivity contribution >= 4 is 23.8 Å². The molecule has 1 aromatic rings. The van der Waals surface area contributed by atoms with E-state index in [4.69, 9.17) is 10.5 Å². The first-order valence-electron chi connectivity index (χ1n) is 12.5. The number of nitrogens with one attached hydrogen (secondary N) is 2. The number of primary amides is 1. The monoisotopic (exact) mass is 506 g/mol.